The summed E-state index contributed by atoms with van der Waals surface area (Å²) >= 11 is 0. The van der Waals surface area contributed by atoms with Crippen molar-refractivity contribution in [1.82, 2.24) is 9.97 Å². The van der Waals surface area contributed by atoms with E-state index in [1.807, 2.05) is 0 Å². The number of fused-ring (bicyclic) bond motifs is 5. The molecule has 9 heteroatoms. The number of nitrogens with one attached hydrogen (secondary N) is 1. The standard InChI is InChI=1S/C15H9F3N4O2/c16-15(17,18)8-5-20-14-11(22-8)9-6-3-1-2-4-7(6)21-13(23)10(9)12(19)24-14/h1-5,9H,19H2,(H,21,23)/t9-/m1/s1. The number of halogens is 3. The SMILES string of the molecule is NC1=C2C(=O)Nc3ccccc3[C@H]2c2nc(C(F)(F)F)cnc2O1. The van der Waals surface area contributed by atoms with Gasteiger partial charge in [0.05, 0.1) is 17.7 Å². The van der Waals surface area contributed by atoms with Gasteiger partial charge in [0.25, 0.3) is 5.91 Å². The van der Waals surface area contributed by atoms with Crippen LogP contribution in [0.15, 0.2) is 41.9 Å². The molecule has 3 N–H and O–H groups in total. The first-order chi connectivity index (χ1) is 11.4. The fourth-order valence-corrected chi connectivity index (χ4v) is 2.83. The molecule has 2 aromatic rings. The quantitative estimate of drug-likeness (QED) is 0.770. The normalized spacial score (nSPS) is 19.0. The number of para-hydroxylation sites is 1. The van der Waals surface area contributed by atoms with Gasteiger partial charge >= 0.3 is 6.18 Å². The number of nitrogens with zero attached hydrogens (tertiary/aromatic N) is 2. The Bertz CT molecular complexity index is 908. The summed E-state index contributed by atoms with van der Waals surface area (Å²) in [6, 6.07) is 6.75. The lowest BCUT2D eigenvalue weighted by atomic mass is 9.83. The molecule has 3 heterocycles. The third-order valence-electron chi connectivity index (χ3n) is 3.85. The lowest BCUT2D eigenvalue weighted by Crippen LogP contribution is -2.34. The summed E-state index contributed by atoms with van der Waals surface area (Å²) in [6.07, 6.45) is -4.09. The van der Waals surface area contributed by atoms with E-state index in [9.17, 15) is 18.0 Å². The van der Waals surface area contributed by atoms with Crippen LogP contribution in [0.5, 0.6) is 5.88 Å². The number of amides is 1. The van der Waals surface area contributed by atoms with Crippen molar-refractivity contribution >= 4 is 11.6 Å². The van der Waals surface area contributed by atoms with Crippen molar-refractivity contribution in [3.05, 3.63) is 58.9 Å². The van der Waals surface area contributed by atoms with Crippen LogP contribution in [0.1, 0.15) is 22.9 Å². The number of nitrogens with two attached hydrogens (primary N) is 1. The van der Waals surface area contributed by atoms with Crippen molar-refractivity contribution in [1.29, 1.82) is 0 Å². The number of alkyl halides is 3. The fraction of sp³-hybridized carbons (Fsp3) is 0.133. The lowest BCUT2D eigenvalue weighted by Gasteiger charge is -2.32. The highest BCUT2D eigenvalue weighted by Crippen LogP contribution is 2.46. The van der Waals surface area contributed by atoms with Crippen molar-refractivity contribution in [2.24, 2.45) is 5.73 Å². The molecule has 6 nitrogen and oxygen atoms in total. The third kappa shape index (κ3) is 2.01. The second-order valence-electron chi connectivity index (χ2n) is 5.30. The maximum absolute atomic E-state index is 13.0. The monoisotopic (exact) mass is 334 g/mol. The second-order valence-corrected chi connectivity index (χ2v) is 5.30. The molecule has 2 aliphatic heterocycles. The number of ether oxygens (including phenoxy) is 1. The van der Waals surface area contributed by atoms with Crippen LogP contribution in [0.4, 0.5) is 18.9 Å². The maximum atomic E-state index is 13.0. The molecule has 4 rings (SSSR count). The molecule has 1 aromatic heterocycles. The topological polar surface area (TPSA) is 90.1 Å². The molecule has 0 saturated carbocycles. The molecule has 0 spiro atoms. The molecule has 122 valence electrons. The smallest absolute Gasteiger partial charge is 0.421 e. The van der Waals surface area contributed by atoms with E-state index in [1.54, 1.807) is 24.3 Å². The van der Waals surface area contributed by atoms with Crippen molar-refractivity contribution in [2.75, 3.05) is 5.32 Å². The zero-order chi connectivity index (χ0) is 17.1. The van der Waals surface area contributed by atoms with Gasteiger partial charge in [0.1, 0.15) is 5.69 Å². The summed E-state index contributed by atoms with van der Waals surface area (Å²) in [7, 11) is 0. The second kappa shape index (κ2) is 4.70. The van der Waals surface area contributed by atoms with Crippen LogP contribution >= 0.6 is 0 Å². The van der Waals surface area contributed by atoms with Crippen LogP contribution in [0.3, 0.4) is 0 Å². The largest absolute Gasteiger partial charge is 0.434 e. The third-order valence-corrected chi connectivity index (χ3v) is 3.85. The molecule has 0 unspecified atom stereocenters. The number of anilines is 1. The zero-order valence-electron chi connectivity index (χ0n) is 11.9. The number of carbonyl (C=O) groups excluding carboxylic acids is 1. The number of carbonyl (C=O) groups is 1. The van der Waals surface area contributed by atoms with Crippen LogP contribution in [0.2, 0.25) is 0 Å². The van der Waals surface area contributed by atoms with Gasteiger partial charge in [-0.15, -0.1) is 0 Å². The van der Waals surface area contributed by atoms with E-state index in [-0.39, 0.29) is 23.0 Å². The number of hydrogen-bond acceptors (Lipinski definition) is 5. The summed E-state index contributed by atoms with van der Waals surface area (Å²) < 4.78 is 44.1. The molecule has 1 amide bonds. The van der Waals surface area contributed by atoms with E-state index < -0.39 is 23.7 Å². The molecule has 0 radical (unpaired) electrons. The van der Waals surface area contributed by atoms with Crippen molar-refractivity contribution in [3.8, 4) is 5.88 Å². The molecule has 1 atom stereocenters. The summed E-state index contributed by atoms with van der Waals surface area (Å²) in [5.74, 6) is -1.75. The summed E-state index contributed by atoms with van der Waals surface area (Å²) in [5, 5.41) is 2.64. The average Bonchev–Trinajstić information content (AvgIpc) is 2.53. The molecular formula is C15H9F3N4O2. The average molecular weight is 334 g/mol. The van der Waals surface area contributed by atoms with Gasteiger partial charge in [-0.2, -0.15) is 13.2 Å². The van der Waals surface area contributed by atoms with E-state index >= 15 is 0 Å². The highest BCUT2D eigenvalue weighted by atomic mass is 19.4. The molecular weight excluding hydrogens is 325 g/mol. The Balaban J connectivity index is 1.98. The van der Waals surface area contributed by atoms with E-state index in [2.05, 4.69) is 15.3 Å². The van der Waals surface area contributed by atoms with E-state index in [0.717, 1.165) is 0 Å². The zero-order valence-corrected chi connectivity index (χ0v) is 11.9. The Morgan fingerprint density at radius 3 is 2.75 bits per heavy atom. The Morgan fingerprint density at radius 1 is 1.25 bits per heavy atom. The van der Waals surface area contributed by atoms with Gasteiger partial charge in [0.2, 0.25) is 11.8 Å². The molecule has 1 aromatic carbocycles. The number of hydrogen-bond donors (Lipinski definition) is 2. The van der Waals surface area contributed by atoms with E-state index in [1.165, 1.54) is 0 Å². The Morgan fingerprint density at radius 2 is 2.00 bits per heavy atom. The van der Waals surface area contributed by atoms with Gasteiger partial charge in [-0.25, -0.2) is 9.97 Å². The summed E-state index contributed by atoms with van der Waals surface area (Å²) in [6.45, 7) is 0. The van der Waals surface area contributed by atoms with Crippen LogP contribution in [0, 0.1) is 0 Å². The van der Waals surface area contributed by atoms with Crippen LogP contribution in [-0.4, -0.2) is 15.9 Å². The van der Waals surface area contributed by atoms with Crippen molar-refractivity contribution < 1.29 is 22.7 Å². The summed E-state index contributed by atoms with van der Waals surface area (Å²) in [5.41, 5.74) is 5.62. The molecule has 0 aliphatic carbocycles. The highest BCUT2D eigenvalue weighted by molar-refractivity contribution is 6.09. The van der Waals surface area contributed by atoms with Crippen molar-refractivity contribution in [3.63, 3.8) is 0 Å². The van der Waals surface area contributed by atoms with Crippen LogP contribution in [0.25, 0.3) is 0 Å². The maximum Gasteiger partial charge on any atom is 0.434 e. The van der Waals surface area contributed by atoms with Gasteiger partial charge in [0, 0.05) is 5.69 Å². The Labute approximate surface area is 133 Å². The minimum Gasteiger partial charge on any atom is -0.421 e. The Hall–Kier alpha value is -3.10. The Kier molecular flexibility index (Phi) is 2.84. The minimum atomic E-state index is -4.66. The predicted molar refractivity (Wildman–Crippen MR) is 75.8 cm³/mol. The summed E-state index contributed by atoms with van der Waals surface area (Å²) in [4.78, 5) is 19.6. The number of aromatic nitrogens is 2. The first kappa shape index (κ1) is 14.5. The highest BCUT2D eigenvalue weighted by Gasteiger charge is 2.43. The van der Waals surface area contributed by atoms with E-state index in [0.29, 0.717) is 17.4 Å². The minimum absolute atomic E-state index is 0.0230. The van der Waals surface area contributed by atoms with Gasteiger partial charge in [-0.1, -0.05) is 18.2 Å². The molecule has 24 heavy (non-hydrogen) atoms. The lowest BCUT2D eigenvalue weighted by molar-refractivity contribution is -0.141. The number of benzene rings is 1. The van der Waals surface area contributed by atoms with Gasteiger partial charge in [-0.05, 0) is 11.6 Å². The first-order valence-corrected chi connectivity index (χ1v) is 6.88. The molecule has 0 saturated heterocycles. The predicted octanol–water partition coefficient (Wildman–Crippen LogP) is 2.14. The first-order valence-electron chi connectivity index (χ1n) is 6.88. The molecule has 2 aliphatic rings. The van der Waals surface area contributed by atoms with Crippen LogP contribution < -0.4 is 15.8 Å². The van der Waals surface area contributed by atoms with Gasteiger partial charge < -0.3 is 15.8 Å². The fourth-order valence-electron chi connectivity index (χ4n) is 2.83. The molecule has 0 fully saturated rings. The molecule has 0 bridgehead atoms. The van der Waals surface area contributed by atoms with Crippen molar-refractivity contribution in [2.45, 2.75) is 12.1 Å². The van der Waals surface area contributed by atoms with E-state index in [4.69, 9.17) is 10.5 Å². The number of rotatable bonds is 0. The van der Waals surface area contributed by atoms with Gasteiger partial charge in [0.15, 0.2) is 5.69 Å². The van der Waals surface area contributed by atoms with Crippen LogP contribution in [-0.2, 0) is 11.0 Å². The van der Waals surface area contributed by atoms with Gasteiger partial charge in [-0.3, -0.25) is 4.79 Å².